The van der Waals surface area contributed by atoms with Crippen molar-refractivity contribution >= 4 is 28.8 Å². The van der Waals surface area contributed by atoms with Crippen LogP contribution in [-0.2, 0) is 0 Å². The molecule has 0 aliphatic carbocycles. The SMILES string of the molecule is O=C(O)c1cccc2nnn(C3CCSC3)c12. The third kappa shape index (κ3) is 1.68. The molecule has 0 bridgehead atoms. The maximum Gasteiger partial charge on any atom is 0.337 e. The van der Waals surface area contributed by atoms with Crippen LogP contribution in [0.2, 0.25) is 0 Å². The minimum atomic E-state index is -0.926. The maximum absolute atomic E-state index is 11.2. The molecule has 1 aliphatic rings. The highest BCUT2D eigenvalue weighted by molar-refractivity contribution is 7.99. The number of carboxylic acids is 1. The van der Waals surface area contributed by atoms with Crippen LogP contribution < -0.4 is 0 Å². The quantitative estimate of drug-likeness (QED) is 0.879. The van der Waals surface area contributed by atoms with Crippen molar-refractivity contribution in [1.82, 2.24) is 15.0 Å². The summed E-state index contributed by atoms with van der Waals surface area (Å²) >= 11 is 1.87. The average molecular weight is 249 g/mol. The molecule has 0 spiro atoms. The molecule has 6 heteroatoms. The molecule has 0 radical (unpaired) electrons. The van der Waals surface area contributed by atoms with Crippen LogP contribution in [0.3, 0.4) is 0 Å². The minimum absolute atomic E-state index is 0.269. The van der Waals surface area contributed by atoms with Crippen LogP contribution in [-0.4, -0.2) is 37.6 Å². The summed E-state index contributed by atoms with van der Waals surface area (Å²) in [6, 6.07) is 5.37. The lowest BCUT2D eigenvalue weighted by atomic mass is 10.1. The molecule has 5 nitrogen and oxygen atoms in total. The number of nitrogens with zero attached hydrogens (tertiary/aromatic N) is 3. The Balaban J connectivity index is 2.21. The first kappa shape index (κ1) is 10.6. The minimum Gasteiger partial charge on any atom is -0.478 e. The van der Waals surface area contributed by atoms with E-state index in [1.807, 2.05) is 11.8 Å². The van der Waals surface area contributed by atoms with Gasteiger partial charge in [0, 0.05) is 5.75 Å². The number of aromatic carboxylic acids is 1. The van der Waals surface area contributed by atoms with Crippen molar-refractivity contribution in [1.29, 1.82) is 0 Å². The highest BCUT2D eigenvalue weighted by atomic mass is 32.2. The van der Waals surface area contributed by atoms with E-state index in [9.17, 15) is 9.90 Å². The zero-order valence-corrected chi connectivity index (χ0v) is 9.85. The summed E-state index contributed by atoms with van der Waals surface area (Å²) in [5.74, 6) is 1.15. The van der Waals surface area contributed by atoms with Gasteiger partial charge in [0.25, 0.3) is 0 Å². The van der Waals surface area contributed by atoms with Crippen molar-refractivity contribution in [3.05, 3.63) is 23.8 Å². The lowest BCUT2D eigenvalue weighted by Gasteiger charge is -2.10. The van der Waals surface area contributed by atoms with Gasteiger partial charge in [-0.2, -0.15) is 11.8 Å². The van der Waals surface area contributed by atoms with Crippen molar-refractivity contribution in [3.63, 3.8) is 0 Å². The number of carbonyl (C=O) groups is 1. The molecule has 3 rings (SSSR count). The molecule has 1 fully saturated rings. The van der Waals surface area contributed by atoms with E-state index in [-0.39, 0.29) is 11.6 Å². The lowest BCUT2D eigenvalue weighted by molar-refractivity contribution is 0.0698. The van der Waals surface area contributed by atoms with Crippen LogP contribution in [0, 0.1) is 0 Å². The molecule has 1 atom stereocenters. The molecular formula is C11H11N3O2S. The van der Waals surface area contributed by atoms with E-state index in [4.69, 9.17) is 0 Å². The van der Waals surface area contributed by atoms with Crippen molar-refractivity contribution in [2.75, 3.05) is 11.5 Å². The number of para-hydroxylation sites is 1. The van der Waals surface area contributed by atoms with Crippen LogP contribution in [0.5, 0.6) is 0 Å². The van der Waals surface area contributed by atoms with E-state index in [1.165, 1.54) is 0 Å². The Kier molecular flexibility index (Phi) is 2.51. The van der Waals surface area contributed by atoms with Gasteiger partial charge >= 0.3 is 5.97 Å². The van der Waals surface area contributed by atoms with Crippen LogP contribution in [0.1, 0.15) is 22.8 Å². The van der Waals surface area contributed by atoms with Crippen LogP contribution >= 0.6 is 11.8 Å². The van der Waals surface area contributed by atoms with E-state index < -0.39 is 5.97 Å². The second kappa shape index (κ2) is 4.03. The van der Waals surface area contributed by atoms with Crippen molar-refractivity contribution in [2.24, 2.45) is 0 Å². The molecule has 2 heterocycles. The predicted octanol–water partition coefficient (Wildman–Crippen LogP) is 1.81. The topological polar surface area (TPSA) is 68.0 Å². The predicted molar refractivity (Wildman–Crippen MR) is 65.5 cm³/mol. The van der Waals surface area contributed by atoms with Crippen LogP contribution in [0.15, 0.2) is 18.2 Å². The zero-order chi connectivity index (χ0) is 11.8. The number of hydrogen-bond donors (Lipinski definition) is 1. The van der Waals surface area contributed by atoms with E-state index in [1.54, 1.807) is 22.9 Å². The summed E-state index contributed by atoms with van der Waals surface area (Å²) in [5, 5.41) is 17.4. The Labute approximate surface area is 102 Å². The number of thioether (sulfide) groups is 1. The normalized spacial score (nSPS) is 19.9. The van der Waals surface area contributed by atoms with Gasteiger partial charge in [-0.15, -0.1) is 5.10 Å². The van der Waals surface area contributed by atoms with Crippen molar-refractivity contribution < 1.29 is 9.90 Å². The fourth-order valence-electron chi connectivity index (χ4n) is 2.14. The standard InChI is InChI=1S/C11H11N3O2S/c15-11(16)8-2-1-3-9-10(8)14(13-12-9)7-4-5-17-6-7/h1-3,7H,4-6H2,(H,15,16). The van der Waals surface area contributed by atoms with E-state index in [2.05, 4.69) is 10.3 Å². The fourth-order valence-corrected chi connectivity index (χ4v) is 3.32. The molecule has 1 aromatic carbocycles. The number of rotatable bonds is 2. The summed E-state index contributed by atoms with van der Waals surface area (Å²) in [6.45, 7) is 0. The maximum atomic E-state index is 11.2. The van der Waals surface area contributed by atoms with Gasteiger partial charge in [-0.25, -0.2) is 9.48 Å². The van der Waals surface area contributed by atoms with Gasteiger partial charge in [0.1, 0.15) is 11.0 Å². The van der Waals surface area contributed by atoms with Gasteiger partial charge in [-0.1, -0.05) is 11.3 Å². The van der Waals surface area contributed by atoms with Gasteiger partial charge in [-0.3, -0.25) is 0 Å². The first-order chi connectivity index (χ1) is 8.27. The molecule has 1 unspecified atom stereocenters. The number of carboxylic acid groups (broad SMARTS) is 1. The Hall–Kier alpha value is -1.56. The number of benzene rings is 1. The molecule has 1 aromatic heterocycles. The molecule has 1 aliphatic heterocycles. The van der Waals surface area contributed by atoms with Crippen molar-refractivity contribution in [3.8, 4) is 0 Å². The molecule has 1 N–H and O–H groups in total. The molecule has 0 amide bonds. The Bertz CT molecular complexity index is 575. The molecule has 2 aromatic rings. The number of hydrogen-bond acceptors (Lipinski definition) is 4. The van der Waals surface area contributed by atoms with E-state index in [0.717, 1.165) is 17.9 Å². The van der Waals surface area contributed by atoms with Gasteiger partial charge in [0.05, 0.1) is 11.6 Å². The monoisotopic (exact) mass is 249 g/mol. The van der Waals surface area contributed by atoms with Gasteiger partial charge < -0.3 is 5.11 Å². The average Bonchev–Trinajstić information content (AvgIpc) is 2.96. The van der Waals surface area contributed by atoms with Crippen LogP contribution in [0.4, 0.5) is 0 Å². The summed E-state index contributed by atoms with van der Waals surface area (Å²) in [4.78, 5) is 11.2. The third-order valence-electron chi connectivity index (χ3n) is 2.97. The second-order valence-electron chi connectivity index (χ2n) is 4.03. The summed E-state index contributed by atoms with van der Waals surface area (Å²) in [5.41, 5.74) is 1.58. The number of fused-ring (bicyclic) bond motifs is 1. The summed E-state index contributed by atoms with van der Waals surface area (Å²) in [7, 11) is 0. The Morgan fingerprint density at radius 3 is 3.12 bits per heavy atom. The van der Waals surface area contributed by atoms with Gasteiger partial charge in [0.15, 0.2) is 0 Å². The smallest absolute Gasteiger partial charge is 0.337 e. The van der Waals surface area contributed by atoms with Crippen LogP contribution in [0.25, 0.3) is 11.0 Å². The Morgan fingerprint density at radius 1 is 1.53 bits per heavy atom. The second-order valence-corrected chi connectivity index (χ2v) is 5.18. The summed E-state index contributed by atoms with van der Waals surface area (Å²) < 4.78 is 1.78. The van der Waals surface area contributed by atoms with E-state index >= 15 is 0 Å². The molecular weight excluding hydrogens is 238 g/mol. The zero-order valence-electron chi connectivity index (χ0n) is 9.04. The first-order valence-corrected chi connectivity index (χ1v) is 6.58. The van der Waals surface area contributed by atoms with E-state index in [0.29, 0.717) is 11.0 Å². The fraction of sp³-hybridized carbons (Fsp3) is 0.364. The first-order valence-electron chi connectivity index (χ1n) is 5.42. The highest BCUT2D eigenvalue weighted by Crippen LogP contribution is 2.30. The number of aromatic nitrogens is 3. The highest BCUT2D eigenvalue weighted by Gasteiger charge is 2.23. The van der Waals surface area contributed by atoms with Gasteiger partial charge in [0.2, 0.25) is 0 Å². The Morgan fingerprint density at radius 2 is 2.41 bits per heavy atom. The molecule has 88 valence electrons. The third-order valence-corrected chi connectivity index (χ3v) is 4.12. The molecule has 17 heavy (non-hydrogen) atoms. The molecule has 1 saturated heterocycles. The largest absolute Gasteiger partial charge is 0.478 e. The van der Waals surface area contributed by atoms with Gasteiger partial charge in [-0.05, 0) is 24.3 Å². The molecule has 0 saturated carbocycles. The van der Waals surface area contributed by atoms with Crippen molar-refractivity contribution in [2.45, 2.75) is 12.5 Å². The lowest BCUT2D eigenvalue weighted by Crippen LogP contribution is -2.11. The summed E-state index contributed by atoms with van der Waals surface area (Å²) in [6.07, 6.45) is 1.02.